The summed E-state index contributed by atoms with van der Waals surface area (Å²) in [5.41, 5.74) is 0. The zero-order valence-electron chi connectivity index (χ0n) is 9.31. The van der Waals surface area contributed by atoms with Crippen LogP contribution in [0.15, 0.2) is 12.2 Å². The summed E-state index contributed by atoms with van der Waals surface area (Å²) in [5, 5.41) is 9.87. The predicted octanol–water partition coefficient (Wildman–Crippen LogP) is 1.80. The third-order valence-corrected chi connectivity index (χ3v) is 4.55. The number of hydrogen-bond acceptors (Lipinski definition) is 2. The van der Waals surface area contributed by atoms with Gasteiger partial charge in [0.25, 0.3) is 0 Å². The minimum Gasteiger partial charge on any atom is -0.393 e. The van der Waals surface area contributed by atoms with Gasteiger partial charge in [-0.2, -0.15) is 0 Å². The zero-order chi connectivity index (χ0) is 10.3. The number of likely N-dealkylation sites (tertiary alicyclic amines) is 1. The van der Waals surface area contributed by atoms with E-state index in [4.69, 9.17) is 0 Å². The van der Waals surface area contributed by atoms with Gasteiger partial charge >= 0.3 is 0 Å². The summed E-state index contributed by atoms with van der Waals surface area (Å²) in [6.45, 7) is 2.37. The van der Waals surface area contributed by atoms with Crippen molar-refractivity contribution in [1.29, 1.82) is 0 Å². The highest BCUT2D eigenvalue weighted by molar-refractivity contribution is 5.03. The van der Waals surface area contributed by atoms with Crippen molar-refractivity contribution in [2.24, 2.45) is 11.8 Å². The number of aliphatic hydroxyl groups excluding tert-OH is 1. The van der Waals surface area contributed by atoms with E-state index in [1.54, 1.807) is 0 Å². The summed E-state index contributed by atoms with van der Waals surface area (Å²) < 4.78 is 0. The molecule has 2 nitrogen and oxygen atoms in total. The summed E-state index contributed by atoms with van der Waals surface area (Å²) in [7, 11) is 0. The maximum atomic E-state index is 9.87. The van der Waals surface area contributed by atoms with Gasteiger partial charge in [0.15, 0.2) is 0 Å². The van der Waals surface area contributed by atoms with E-state index in [9.17, 15) is 5.11 Å². The van der Waals surface area contributed by atoms with Gasteiger partial charge in [-0.3, -0.25) is 4.90 Å². The predicted molar refractivity (Wildman–Crippen MR) is 60.6 cm³/mol. The minimum absolute atomic E-state index is 0.00688. The van der Waals surface area contributed by atoms with Crippen molar-refractivity contribution in [3.63, 3.8) is 0 Å². The van der Waals surface area contributed by atoms with Crippen molar-refractivity contribution in [1.82, 2.24) is 4.90 Å². The maximum Gasteiger partial charge on any atom is 0.0583 e. The van der Waals surface area contributed by atoms with Crippen LogP contribution in [0.5, 0.6) is 0 Å². The largest absolute Gasteiger partial charge is 0.393 e. The van der Waals surface area contributed by atoms with Crippen molar-refractivity contribution >= 4 is 0 Å². The molecule has 4 unspecified atom stereocenters. The number of aliphatic hydroxyl groups is 1. The Balaban J connectivity index is 1.66. The van der Waals surface area contributed by atoms with Crippen LogP contribution in [0.3, 0.4) is 0 Å². The molecule has 0 bridgehead atoms. The molecule has 0 aromatic heterocycles. The van der Waals surface area contributed by atoms with Crippen LogP contribution in [0.2, 0.25) is 0 Å². The van der Waals surface area contributed by atoms with Crippen LogP contribution in [-0.4, -0.2) is 35.2 Å². The monoisotopic (exact) mass is 207 g/mol. The van der Waals surface area contributed by atoms with Gasteiger partial charge in [0.2, 0.25) is 0 Å². The van der Waals surface area contributed by atoms with E-state index in [0.717, 1.165) is 18.9 Å². The van der Waals surface area contributed by atoms with Crippen LogP contribution < -0.4 is 0 Å². The molecule has 0 radical (unpaired) electrons. The highest BCUT2D eigenvalue weighted by atomic mass is 16.3. The quantitative estimate of drug-likeness (QED) is 0.663. The first-order valence-corrected chi connectivity index (χ1v) is 6.43. The first-order chi connectivity index (χ1) is 7.34. The second-order valence-electron chi connectivity index (χ2n) is 5.45. The Kier molecular flexibility index (Phi) is 2.57. The Hall–Kier alpha value is -0.340. The third-order valence-electron chi connectivity index (χ3n) is 4.55. The van der Waals surface area contributed by atoms with Gasteiger partial charge in [0.05, 0.1) is 6.10 Å². The van der Waals surface area contributed by atoms with E-state index < -0.39 is 0 Å². The highest BCUT2D eigenvalue weighted by Gasteiger charge is 2.43. The van der Waals surface area contributed by atoms with Crippen LogP contribution in [0.25, 0.3) is 0 Å². The van der Waals surface area contributed by atoms with Crippen LogP contribution in [0, 0.1) is 11.8 Å². The Bertz CT molecular complexity index is 263. The molecule has 0 spiro atoms. The van der Waals surface area contributed by atoms with Crippen LogP contribution in [-0.2, 0) is 0 Å². The molecule has 15 heavy (non-hydrogen) atoms. The van der Waals surface area contributed by atoms with Crippen LogP contribution in [0.4, 0.5) is 0 Å². The van der Waals surface area contributed by atoms with Gasteiger partial charge in [-0.25, -0.2) is 0 Å². The molecule has 1 N–H and O–H groups in total. The van der Waals surface area contributed by atoms with Crippen molar-refractivity contribution < 1.29 is 5.11 Å². The number of hydrogen-bond donors (Lipinski definition) is 1. The van der Waals surface area contributed by atoms with E-state index in [0.29, 0.717) is 12.0 Å². The fraction of sp³-hybridized carbons (Fsp3) is 0.846. The van der Waals surface area contributed by atoms with Crippen LogP contribution in [0.1, 0.15) is 32.1 Å². The number of fused-ring (bicyclic) bond motifs is 1. The number of rotatable bonds is 1. The van der Waals surface area contributed by atoms with Crippen LogP contribution >= 0.6 is 0 Å². The lowest BCUT2D eigenvalue weighted by molar-refractivity contribution is 0.120. The minimum atomic E-state index is -0.00688. The summed E-state index contributed by atoms with van der Waals surface area (Å²) in [4.78, 5) is 2.60. The molecule has 3 aliphatic rings. The average Bonchev–Trinajstić information content (AvgIpc) is 2.83. The molecule has 0 aromatic carbocycles. The van der Waals surface area contributed by atoms with E-state index in [2.05, 4.69) is 17.1 Å². The lowest BCUT2D eigenvalue weighted by Gasteiger charge is -2.28. The van der Waals surface area contributed by atoms with Gasteiger partial charge in [0, 0.05) is 25.0 Å². The molecule has 1 aliphatic heterocycles. The van der Waals surface area contributed by atoms with Crippen molar-refractivity contribution in [2.75, 3.05) is 13.1 Å². The van der Waals surface area contributed by atoms with Gasteiger partial charge in [-0.1, -0.05) is 12.2 Å². The molecular weight excluding hydrogens is 186 g/mol. The van der Waals surface area contributed by atoms with Crippen molar-refractivity contribution in [3.05, 3.63) is 12.2 Å². The van der Waals surface area contributed by atoms with Gasteiger partial charge in [-0.05, 0) is 38.0 Å². The van der Waals surface area contributed by atoms with E-state index in [-0.39, 0.29) is 6.10 Å². The smallest absolute Gasteiger partial charge is 0.0583 e. The molecule has 2 fully saturated rings. The number of allylic oxidation sites excluding steroid dienone is 1. The Morgan fingerprint density at radius 2 is 2.07 bits per heavy atom. The third kappa shape index (κ3) is 1.74. The summed E-state index contributed by atoms with van der Waals surface area (Å²) >= 11 is 0. The second-order valence-corrected chi connectivity index (χ2v) is 5.45. The van der Waals surface area contributed by atoms with Crippen molar-refractivity contribution in [3.8, 4) is 0 Å². The Morgan fingerprint density at radius 1 is 1.13 bits per heavy atom. The molecular formula is C13H21NO. The van der Waals surface area contributed by atoms with Gasteiger partial charge in [-0.15, -0.1) is 0 Å². The van der Waals surface area contributed by atoms with Crippen molar-refractivity contribution in [2.45, 2.75) is 44.2 Å². The highest BCUT2D eigenvalue weighted by Crippen LogP contribution is 2.39. The molecule has 1 saturated carbocycles. The molecule has 2 aliphatic carbocycles. The Morgan fingerprint density at radius 3 is 2.80 bits per heavy atom. The lowest BCUT2D eigenvalue weighted by atomic mass is 9.99. The average molecular weight is 207 g/mol. The van der Waals surface area contributed by atoms with Gasteiger partial charge < -0.3 is 5.11 Å². The first kappa shape index (κ1) is 9.86. The van der Waals surface area contributed by atoms with E-state index in [1.807, 2.05) is 0 Å². The van der Waals surface area contributed by atoms with Gasteiger partial charge in [0.1, 0.15) is 0 Å². The molecule has 4 atom stereocenters. The SMILES string of the molecule is OC1CCC2CN(C3C=CCCC3)CC12. The maximum absolute atomic E-state index is 9.87. The summed E-state index contributed by atoms with van der Waals surface area (Å²) in [5.74, 6) is 1.37. The number of nitrogens with zero attached hydrogens (tertiary/aromatic N) is 1. The standard InChI is InChI=1S/C13H21NO/c15-13-7-6-10-8-14(9-12(10)13)11-4-2-1-3-5-11/h2,4,10-13,15H,1,3,5-9H2. The topological polar surface area (TPSA) is 23.5 Å². The van der Waals surface area contributed by atoms with E-state index in [1.165, 1.54) is 32.2 Å². The first-order valence-electron chi connectivity index (χ1n) is 6.43. The van der Waals surface area contributed by atoms with E-state index >= 15 is 0 Å². The zero-order valence-corrected chi connectivity index (χ0v) is 9.31. The molecule has 3 rings (SSSR count). The fourth-order valence-corrected chi connectivity index (χ4v) is 3.64. The fourth-order valence-electron chi connectivity index (χ4n) is 3.64. The summed E-state index contributed by atoms with van der Waals surface area (Å²) in [6.07, 6.45) is 10.9. The molecule has 0 amide bonds. The molecule has 0 aromatic rings. The normalized spacial score (nSPS) is 45.9. The molecule has 2 heteroatoms. The lowest BCUT2D eigenvalue weighted by Crippen LogP contribution is -2.34. The second kappa shape index (κ2) is 3.91. The molecule has 1 saturated heterocycles. The summed E-state index contributed by atoms with van der Waals surface area (Å²) in [6, 6.07) is 0.677. The molecule has 1 heterocycles. The molecule has 84 valence electrons. The Labute approximate surface area is 92.0 Å².